The van der Waals surface area contributed by atoms with E-state index in [0.717, 1.165) is 15.7 Å². The molecular weight excluding hydrogens is 492 g/mol. The van der Waals surface area contributed by atoms with Gasteiger partial charge in [0.25, 0.3) is 5.56 Å². The minimum Gasteiger partial charge on any atom is -0.348 e. The molecular formula is C27H28N4O5S. The largest absolute Gasteiger partial charge is 0.348 e. The van der Waals surface area contributed by atoms with Crippen molar-refractivity contribution >= 4 is 26.8 Å². The number of hydrogen-bond acceptors (Lipinski definition) is 5. The lowest BCUT2D eigenvalue weighted by Gasteiger charge is -2.22. The molecule has 1 aromatic heterocycles. The van der Waals surface area contributed by atoms with Gasteiger partial charge >= 0.3 is 5.69 Å². The molecule has 37 heavy (non-hydrogen) atoms. The number of amides is 1. The minimum absolute atomic E-state index is 0.0780. The summed E-state index contributed by atoms with van der Waals surface area (Å²) in [6.07, 6.45) is 0.122. The summed E-state index contributed by atoms with van der Waals surface area (Å²) in [5.41, 5.74) is 0.847. The summed E-state index contributed by atoms with van der Waals surface area (Å²) in [5, 5.41) is 2.97. The van der Waals surface area contributed by atoms with Crippen molar-refractivity contribution in [3.63, 3.8) is 0 Å². The molecule has 192 valence electrons. The van der Waals surface area contributed by atoms with E-state index in [1.807, 2.05) is 67.6 Å². The fourth-order valence-electron chi connectivity index (χ4n) is 4.17. The summed E-state index contributed by atoms with van der Waals surface area (Å²) in [7, 11) is -1.38. The maximum Gasteiger partial charge on any atom is 0.330 e. The first kappa shape index (κ1) is 26.1. The van der Waals surface area contributed by atoms with Crippen LogP contribution in [0.25, 0.3) is 10.9 Å². The van der Waals surface area contributed by atoms with E-state index >= 15 is 0 Å². The molecule has 0 aliphatic rings. The lowest BCUT2D eigenvalue weighted by Crippen LogP contribution is -2.48. The van der Waals surface area contributed by atoms with Crippen LogP contribution in [0.4, 0.5) is 0 Å². The second kappa shape index (κ2) is 10.5. The average Bonchev–Trinajstić information content (AvgIpc) is 2.90. The van der Waals surface area contributed by atoms with Gasteiger partial charge in [-0.3, -0.25) is 18.7 Å². The molecule has 0 saturated heterocycles. The molecule has 1 heterocycles. The minimum atomic E-state index is -4.22. The summed E-state index contributed by atoms with van der Waals surface area (Å²) >= 11 is 0. The molecule has 3 aromatic carbocycles. The zero-order valence-electron chi connectivity index (χ0n) is 20.7. The molecule has 0 spiro atoms. The molecule has 0 bridgehead atoms. The number of fused-ring (bicyclic) bond motifs is 1. The van der Waals surface area contributed by atoms with Crippen molar-refractivity contribution in [3.05, 3.63) is 111 Å². The zero-order valence-corrected chi connectivity index (χ0v) is 21.5. The molecule has 4 aromatic rings. The maximum atomic E-state index is 13.4. The third-order valence-corrected chi connectivity index (χ3v) is 7.77. The molecule has 10 heteroatoms. The van der Waals surface area contributed by atoms with Gasteiger partial charge in [-0.05, 0) is 42.7 Å². The predicted octanol–water partition coefficient (Wildman–Crippen LogP) is 2.00. The van der Waals surface area contributed by atoms with Gasteiger partial charge in [-0.2, -0.15) is 4.72 Å². The first-order chi connectivity index (χ1) is 17.6. The molecule has 2 atom stereocenters. The molecule has 0 aliphatic carbocycles. The number of benzene rings is 3. The van der Waals surface area contributed by atoms with Crippen LogP contribution < -0.4 is 21.3 Å². The van der Waals surface area contributed by atoms with Crippen molar-refractivity contribution < 1.29 is 13.2 Å². The third kappa shape index (κ3) is 5.55. The van der Waals surface area contributed by atoms with Crippen molar-refractivity contribution in [2.75, 3.05) is 0 Å². The van der Waals surface area contributed by atoms with E-state index in [1.165, 1.54) is 36.9 Å². The Bertz CT molecular complexity index is 1660. The standard InChI is InChI=1S/C27H28N4O5S/c1-18(20-12-8-5-9-13-20)28-25(32)23(16-19-10-6-4-7-11-19)29-37(35,36)21-14-15-24-22(17-21)26(33)31(3)27(34)30(24)2/h4-15,17-18,23,29H,16H2,1-3H3,(H,28,32)/t18-,23-/m1/s1. The number of nitrogens with one attached hydrogen (secondary N) is 2. The summed E-state index contributed by atoms with van der Waals surface area (Å²) in [4.78, 5) is 38.0. The molecule has 0 unspecified atom stereocenters. The Kier molecular flexibility index (Phi) is 7.42. The van der Waals surface area contributed by atoms with Crippen LogP contribution in [0.2, 0.25) is 0 Å². The summed E-state index contributed by atoms with van der Waals surface area (Å²) < 4.78 is 31.5. The van der Waals surface area contributed by atoms with E-state index in [1.54, 1.807) is 0 Å². The van der Waals surface area contributed by atoms with Gasteiger partial charge in [0.15, 0.2) is 0 Å². The molecule has 0 radical (unpaired) electrons. The quantitative estimate of drug-likeness (QED) is 0.368. The fraction of sp³-hybridized carbons (Fsp3) is 0.222. The Morgan fingerprint density at radius 2 is 1.51 bits per heavy atom. The Morgan fingerprint density at radius 1 is 0.892 bits per heavy atom. The predicted molar refractivity (Wildman–Crippen MR) is 142 cm³/mol. The highest BCUT2D eigenvalue weighted by Gasteiger charge is 2.28. The highest BCUT2D eigenvalue weighted by molar-refractivity contribution is 7.89. The van der Waals surface area contributed by atoms with E-state index in [-0.39, 0.29) is 22.7 Å². The molecule has 0 saturated carbocycles. The third-order valence-electron chi connectivity index (χ3n) is 6.30. The Morgan fingerprint density at radius 3 is 2.16 bits per heavy atom. The van der Waals surface area contributed by atoms with Gasteiger partial charge in [-0.15, -0.1) is 0 Å². The van der Waals surface area contributed by atoms with Crippen molar-refractivity contribution in [3.8, 4) is 0 Å². The lowest BCUT2D eigenvalue weighted by molar-refractivity contribution is -0.123. The van der Waals surface area contributed by atoms with E-state index in [0.29, 0.717) is 5.52 Å². The smallest absolute Gasteiger partial charge is 0.330 e. The van der Waals surface area contributed by atoms with Crippen molar-refractivity contribution in [2.24, 2.45) is 14.1 Å². The molecule has 1 amide bonds. The number of aryl methyl sites for hydroxylation is 1. The highest BCUT2D eigenvalue weighted by atomic mass is 32.2. The second-order valence-corrected chi connectivity index (χ2v) is 10.6. The Hall–Kier alpha value is -4.02. The van der Waals surface area contributed by atoms with Gasteiger partial charge in [-0.1, -0.05) is 60.7 Å². The normalized spacial score (nSPS) is 13.3. The molecule has 2 N–H and O–H groups in total. The van der Waals surface area contributed by atoms with Gasteiger partial charge in [0.05, 0.1) is 21.8 Å². The first-order valence-electron chi connectivity index (χ1n) is 11.7. The Balaban J connectivity index is 1.68. The first-order valence-corrected chi connectivity index (χ1v) is 13.2. The van der Waals surface area contributed by atoms with E-state index < -0.39 is 33.2 Å². The topological polar surface area (TPSA) is 119 Å². The van der Waals surface area contributed by atoms with Crippen LogP contribution in [0, 0.1) is 0 Å². The number of aromatic nitrogens is 2. The van der Waals surface area contributed by atoms with Crippen LogP contribution >= 0.6 is 0 Å². The maximum absolute atomic E-state index is 13.4. The summed E-state index contributed by atoms with van der Waals surface area (Å²) in [6, 6.07) is 20.9. The highest BCUT2D eigenvalue weighted by Crippen LogP contribution is 2.17. The summed E-state index contributed by atoms with van der Waals surface area (Å²) in [5.74, 6) is -0.483. The SMILES string of the molecule is C[C@@H](NC(=O)[C@@H](Cc1ccccc1)NS(=O)(=O)c1ccc2c(c1)c(=O)n(C)c(=O)n2C)c1ccccc1. The van der Waals surface area contributed by atoms with Gasteiger partial charge in [0, 0.05) is 14.1 Å². The van der Waals surface area contributed by atoms with Crippen molar-refractivity contribution in [1.82, 2.24) is 19.2 Å². The molecule has 0 fully saturated rings. The van der Waals surface area contributed by atoms with Gasteiger partial charge in [0.2, 0.25) is 15.9 Å². The van der Waals surface area contributed by atoms with Crippen LogP contribution in [-0.2, 0) is 35.3 Å². The number of hydrogen-bond donors (Lipinski definition) is 2. The molecule has 0 aliphatic heterocycles. The number of carbonyl (C=O) groups is 1. The monoisotopic (exact) mass is 520 g/mol. The van der Waals surface area contributed by atoms with Crippen LogP contribution in [0.1, 0.15) is 24.1 Å². The van der Waals surface area contributed by atoms with Crippen LogP contribution in [0.5, 0.6) is 0 Å². The van der Waals surface area contributed by atoms with Gasteiger partial charge in [0.1, 0.15) is 6.04 Å². The number of sulfonamides is 1. The molecule has 4 rings (SSSR count). The van der Waals surface area contributed by atoms with Crippen molar-refractivity contribution in [2.45, 2.75) is 30.3 Å². The van der Waals surface area contributed by atoms with Crippen LogP contribution in [-0.4, -0.2) is 29.5 Å². The number of rotatable bonds is 8. The van der Waals surface area contributed by atoms with Crippen molar-refractivity contribution in [1.29, 1.82) is 0 Å². The molecule has 9 nitrogen and oxygen atoms in total. The zero-order chi connectivity index (χ0) is 26.7. The second-order valence-electron chi connectivity index (χ2n) is 8.89. The van der Waals surface area contributed by atoms with Gasteiger partial charge in [-0.25, -0.2) is 13.2 Å². The van der Waals surface area contributed by atoms with E-state index in [2.05, 4.69) is 10.0 Å². The lowest BCUT2D eigenvalue weighted by atomic mass is 10.0. The fourth-order valence-corrected chi connectivity index (χ4v) is 5.39. The van der Waals surface area contributed by atoms with Crippen LogP contribution in [0.3, 0.4) is 0 Å². The van der Waals surface area contributed by atoms with E-state index in [9.17, 15) is 22.8 Å². The average molecular weight is 521 g/mol. The Labute approximate surface area is 214 Å². The van der Waals surface area contributed by atoms with Gasteiger partial charge < -0.3 is 5.32 Å². The van der Waals surface area contributed by atoms with Crippen LogP contribution in [0.15, 0.2) is 93.3 Å². The summed E-state index contributed by atoms with van der Waals surface area (Å²) in [6.45, 7) is 1.82. The van der Waals surface area contributed by atoms with E-state index in [4.69, 9.17) is 0 Å². The number of nitrogens with zero attached hydrogens (tertiary/aromatic N) is 2. The number of carbonyl (C=O) groups excluding carboxylic acids is 1.